The van der Waals surface area contributed by atoms with E-state index in [2.05, 4.69) is 36.2 Å². The van der Waals surface area contributed by atoms with Crippen molar-refractivity contribution in [2.24, 2.45) is 0 Å². The molecule has 1 saturated heterocycles. The Balaban J connectivity index is 0.00000106. The van der Waals surface area contributed by atoms with Gasteiger partial charge in [0.1, 0.15) is 0 Å². The molecule has 1 heterocycles. The zero-order valence-corrected chi connectivity index (χ0v) is 19.7. The molecule has 0 aliphatic carbocycles. The molecule has 2 aromatic rings. The summed E-state index contributed by atoms with van der Waals surface area (Å²) >= 11 is 0. The van der Waals surface area contributed by atoms with Gasteiger partial charge < -0.3 is 9.80 Å². The molecule has 30 heavy (non-hydrogen) atoms. The minimum absolute atomic E-state index is 0.0143. The molecule has 4 heteroatoms. The molecule has 1 aliphatic heterocycles. The van der Waals surface area contributed by atoms with Gasteiger partial charge in [0.25, 0.3) is 5.91 Å². The first-order chi connectivity index (χ1) is 14.5. The third kappa shape index (κ3) is 5.70. The highest BCUT2D eigenvalue weighted by atomic mass is 16.2. The van der Waals surface area contributed by atoms with Crippen LogP contribution in [0.25, 0.3) is 0 Å². The number of carbonyl (C=O) groups excluding carboxylic acids is 1. The quantitative estimate of drug-likeness (QED) is 0.691. The van der Waals surface area contributed by atoms with Crippen LogP contribution in [0.4, 0.5) is 0 Å². The summed E-state index contributed by atoms with van der Waals surface area (Å²) in [5.41, 5.74) is 3.69. The summed E-state index contributed by atoms with van der Waals surface area (Å²) < 4.78 is 0. The van der Waals surface area contributed by atoms with Crippen LogP contribution in [0.2, 0.25) is 0 Å². The molecule has 162 valence electrons. The van der Waals surface area contributed by atoms with E-state index in [1.165, 1.54) is 11.1 Å². The minimum Gasteiger partial charge on any atom is -0.345 e. The van der Waals surface area contributed by atoms with E-state index in [0.717, 1.165) is 25.9 Å². The molecule has 0 atom stereocenters. The number of piperidine rings is 1. The molecule has 2 aromatic carbocycles. The smallest absolute Gasteiger partial charge is 0.253 e. The first-order valence-electron chi connectivity index (χ1n) is 11.0. The Morgan fingerprint density at radius 1 is 0.967 bits per heavy atom. The van der Waals surface area contributed by atoms with Crippen LogP contribution in [0.5, 0.6) is 0 Å². The van der Waals surface area contributed by atoms with Crippen LogP contribution in [0.3, 0.4) is 0 Å². The summed E-state index contributed by atoms with van der Waals surface area (Å²) in [5, 5.41) is 9.31. The molecule has 0 saturated carbocycles. The van der Waals surface area contributed by atoms with Gasteiger partial charge in [0.2, 0.25) is 0 Å². The average Bonchev–Trinajstić information content (AvgIpc) is 2.82. The Labute approximate surface area is 183 Å². The van der Waals surface area contributed by atoms with Crippen molar-refractivity contribution in [1.29, 1.82) is 5.26 Å². The lowest BCUT2D eigenvalue weighted by Gasteiger charge is -2.42. The lowest BCUT2D eigenvalue weighted by atomic mass is 9.68. The van der Waals surface area contributed by atoms with Crippen LogP contribution < -0.4 is 0 Å². The molecule has 0 spiro atoms. The molecule has 0 unspecified atom stereocenters. The fourth-order valence-electron chi connectivity index (χ4n) is 3.82. The number of benzene rings is 2. The zero-order valence-electron chi connectivity index (χ0n) is 19.7. The first-order valence-corrected chi connectivity index (χ1v) is 11.0. The maximum atomic E-state index is 12.2. The van der Waals surface area contributed by atoms with Gasteiger partial charge >= 0.3 is 0 Å². The van der Waals surface area contributed by atoms with Gasteiger partial charge in [0.05, 0.1) is 11.6 Å². The van der Waals surface area contributed by atoms with Gasteiger partial charge in [0, 0.05) is 25.1 Å². The number of nitrogens with zero attached hydrogens (tertiary/aromatic N) is 3. The van der Waals surface area contributed by atoms with E-state index in [4.69, 9.17) is 0 Å². The van der Waals surface area contributed by atoms with Crippen LogP contribution in [0, 0.1) is 11.3 Å². The highest BCUT2D eigenvalue weighted by molar-refractivity contribution is 5.93. The van der Waals surface area contributed by atoms with Crippen LogP contribution in [0.15, 0.2) is 48.5 Å². The van der Waals surface area contributed by atoms with Crippen molar-refractivity contribution < 1.29 is 4.79 Å². The number of hydrogen-bond donors (Lipinski definition) is 0. The predicted octanol–water partition coefficient (Wildman–Crippen LogP) is 5.32. The molecule has 1 amide bonds. The number of nitriles is 1. The minimum atomic E-state index is -0.112. The second-order valence-electron chi connectivity index (χ2n) is 7.35. The van der Waals surface area contributed by atoms with Gasteiger partial charge in [-0.05, 0) is 68.4 Å². The zero-order chi connectivity index (χ0) is 22.7. The van der Waals surface area contributed by atoms with Crippen molar-refractivity contribution in [3.8, 4) is 6.07 Å². The van der Waals surface area contributed by atoms with E-state index in [9.17, 15) is 10.1 Å². The van der Waals surface area contributed by atoms with Gasteiger partial charge in [-0.3, -0.25) is 4.79 Å². The van der Waals surface area contributed by atoms with Gasteiger partial charge in [-0.2, -0.15) is 5.26 Å². The van der Waals surface area contributed by atoms with E-state index in [1.807, 2.05) is 58.0 Å². The number of rotatable bonds is 3. The molecular weight excluding hydrogens is 370 g/mol. The molecule has 0 radical (unpaired) electrons. The van der Waals surface area contributed by atoms with Crippen molar-refractivity contribution in [3.63, 3.8) is 0 Å². The standard InChI is InChI=1S/C22H25N3O.2C2H6/c1-24(2)21(26)18-7-9-19(10-8-18)22(11-13-25(3)14-12-22)20-6-4-5-17(15-20)16-23;2*1-2/h4-10,15H,11-14H2,1-3H3;2*1-2H3. The van der Waals surface area contributed by atoms with E-state index >= 15 is 0 Å². The summed E-state index contributed by atoms with van der Waals surface area (Å²) in [4.78, 5) is 16.1. The van der Waals surface area contributed by atoms with Crippen molar-refractivity contribution in [2.75, 3.05) is 34.2 Å². The lowest BCUT2D eigenvalue weighted by molar-refractivity contribution is 0.0827. The average molecular weight is 408 g/mol. The molecule has 0 aromatic heterocycles. The van der Waals surface area contributed by atoms with Crippen LogP contribution in [0.1, 0.15) is 67.6 Å². The summed E-state index contributed by atoms with van der Waals surface area (Å²) in [6.45, 7) is 10.0. The molecule has 1 aliphatic rings. The maximum Gasteiger partial charge on any atom is 0.253 e. The Hall–Kier alpha value is -2.64. The Bertz CT molecular complexity index is 826. The van der Waals surface area contributed by atoms with Crippen molar-refractivity contribution in [2.45, 2.75) is 46.0 Å². The molecule has 0 bridgehead atoms. The second-order valence-corrected chi connectivity index (χ2v) is 7.35. The second kappa shape index (κ2) is 12.1. The highest BCUT2D eigenvalue weighted by Gasteiger charge is 2.37. The van der Waals surface area contributed by atoms with Gasteiger partial charge in [-0.1, -0.05) is 52.0 Å². The van der Waals surface area contributed by atoms with Crippen LogP contribution in [-0.2, 0) is 5.41 Å². The normalized spacial score (nSPS) is 14.9. The largest absolute Gasteiger partial charge is 0.345 e. The monoisotopic (exact) mass is 407 g/mol. The van der Waals surface area contributed by atoms with E-state index < -0.39 is 0 Å². The summed E-state index contributed by atoms with van der Waals surface area (Å²) in [6.07, 6.45) is 2.00. The lowest BCUT2D eigenvalue weighted by Crippen LogP contribution is -2.41. The fourth-order valence-corrected chi connectivity index (χ4v) is 3.82. The molecular formula is C26H37N3O. The van der Waals surface area contributed by atoms with Crippen molar-refractivity contribution in [3.05, 3.63) is 70.8 Å². The summed E-state index contributed by atoms with van der Waals surface area (Å²) in [5.74, 6) is 0.0143. The van der Waals surface area contributed by atoms with Crippen molar-refractivity contribution >= 4 is 5.91 Å². The molecule has 3 rings (SSSR count). The van der Waals surface area contributed by atoms with Crippen molar-refractivity contribution in [1.82, 2.24) is 9.80 Å². The van der Waals surface area contributed by atoms with Gasteiger partial charge in [-0.25, -0.2) is 0 Å². The number of hydrogen-bond acceptors (Lipinski definition) is 3. The Morgan fingerprint density at radius 3 is 2.03 bits per heavy atom. The van der Waals surface area contributed by atoms with E-state index in [-0.39, 0.29) is 11.3 Å². The molecule has 1 fully saturated rings. The Morgan fingerprint density at radius 2 is 1.53 bits per heavy atom. The van der Waals surface area contributed by atoms with Gasteiger partial charge in [-0.15, -0.1) is 0 Å². The predicted molar refractivity (Wildman–Crippen MR) is 126 cm³/mol. The number of carbonyl (C=O) groups is 1. The Kier molecular flexibility index (Phi) is 10.3. The maximum absolute atomic E-state index is 12.2. The highest BCUT2D eigenvalue weighted by Crippen LogP contribution is 2.41. The van der Waals surface area contributed by atoms with Gasteiger partial charge in [0.15, 0.2) is 0 Å². The SMILES string of the molecule is CC.CC.CN1CCC(c2ccc(C(=O)N(C)C)cc2)(c2cccc(C#N)c2)CC1. The third-order valence-electron chi connectivity index (χ3n) is 5.48. The van der Waals surface area contributed by atoms with E-state index in [1.54, 1.807) is 19.0 Å². The fraction of sp³-hybridized carbons (Fsp3) is 0.462. The summed E-state index contributed by atoms with van der Waals surface area (Å²) in [6, 6.07) is 18.2. The number of likely N-dealkylation sites (tertiary alicyclic amines) is 1. The van der Waals surface area contributed by atoms with E-state index in [0.29, 0.717) is 11.1 Å². The molecule has 4 nitrogen and oxygen atoms in total. The molecule has 0 N–H and O–H groups in total. The van der Waals surface area contributed by atoms with Crippen LogP contribution >= 0.6 is 0 Å². The van der Waals surface area contributed by atoms with Crippen LogP contribution in [-0.4, -0.2) is 49.9 Å². The summed E-state index contributed by atoms with van der Waals surface area (Å²) in [7, 11) is 5.68. The topological polar surface area (TPSA) is 47.3 Å². The first kappa shape index (κ1) is 25.4. The third-order valence-corrected chi connectivity index (χ3v) is 5.48. The number of amides is 1.